The van der Waals surface area contributed by atoms with Crippen molar-refractivity contribution in [3.63, 3.8) is 0 Å². The first-order valence-corrected chi connectivity index (χ1v) is 7.81. The van der Waals surface area contributed by atoms with Crippen LogP contribution < -0.4 is 0 Å². The van der Waals surface area contributed by atoms with Gasteiger partial charge in [-0.05, 0) is 44.2 Å². The van der Waals surface area contributed by atoms with Crippen LogP contribution in [0.1, 0.15) is 45.6 Å². The predicted molar refractivity (Wildman–Crippen MR) is 83.9 cm³/mol. The van der Waals surface area contributed by atoms with Gasteiger partial charge in [0.05, 0.1) is 5.41 Å². The second-order valence-electron chi connectivity index (χ2n) is 6.79. The Labute approximate surface area is 123 Å². The van der Waals surface area contributed by atoms with Crippen LogP contribution in [0.4, 0.5) is 0 Å². The Morgan fingerprint density at radius 3 is 2.45 bits per heavy atom. The predicted octanol–water partition coefficient (Wildman–Crippen LogP) is 3.65. The third-order valence-electron chi connectivity index (χ3n) is 4.28. The van der Waals surface area contributed by atoms with Gasteiger partial charge in [0, 0.05) is 12.6 Å². The van der Waals surface area contributed by atoms with Crippen molar-refractivity contribution in [3.05, 3.63) is 35.9 Å². The normalized spacial score (nSPS) is 18.2. The van der Waals surface area contributed by atoms with Crippen LogP contribution in [0.3, 0.4) is 0 Å². The molecule has 2 heteroatoms. The molecule has 1 aliphatic rings. The lowest BCUT2D eigenvalue weighted by Gasteiger charge is -2.32. The molecular weight excluding hydrogens is 246 g/mol. The summed E-state index contributed by atoms with van der Waals surface area (Å²) in [5.41, 5.74) is 0.742. The van der Waals surface area contributed by atoms with Crippen LogP contribution in [0.25, 0.3) is 0 Å². The number of benzene rings is 1. The number of hydrogen-bond donors (Lipinski definition) is 0. The van der Waals surface area contributed by atoms with E-state index in [9.17, 15) is 4.79 Å². The summed E-state index contributed by atoms with van der Waals surface area (Å²) in [5, 5.41) is 0. The fourth-order valence-corrected chi connectivity index (χ4v) is 2.69. The first-order chi connectivity index (χ1) is 9.55. The van der Waals surface area contributed by atoms with Crippen molar-refractivity contribution < 1.29 is 4.79 Å². The van der Waals surface area contributed by atoms with Gasteiger partial charge in [-0.2, -0.15) is 0 Å². The molecule has 2 nitrogen and oxygen atoms in total. The second-order valence-corrected chi connectivity index (χ2v) is 6.79. The lowest BCUT2D eigenvalue weighted by atomic mass is 9.83. The molecule has 1 fully saturated rings. The smallest absolute Gasteiger partial charge is 0.131 e. The van der Waals surface area contributed by atoms with Crippen LogP contribution in [-0.4, -0.2) is 30.3 Å². The highest BCUT2D eigenvalue weighted by molar-refractivity contribution is 5.68. The molecule has 110 valence electrons. The van der Waals surface area contributed by atoms with Crippen molar-refractivity contribution in [1.82, 2.24) is 4.90 Å². The highest BCUT2D eigenvalue weighted by atomic mass is 16.1. The first-order valence-electron chi connectivity index (χ1n) is 7.81. The molecule has 0 amide bonds. The van der Waals surface area contributed by atoms with Gasteiger partial charge in [-0.1, -0.05) is 44.2 Å². The van der Waals surface area contributed by atoms with Crippen molar-refractivity contribution in [2.45, 2.75) is 51.5 Å². The zero-order valence-electron chi connectivity index (χ0n) is 13.0. The second kappa shape index (κ2) is 6.53. The van der Waals surface area contributed by atoms with E-state index in [4.69, 9.17) is 0 Å². The molecule has 1 aromatic rings. The zero-order chi connectivity index (χ0) is 14.6. The van der Waals surface area contributed by atoms with Gasteiger partial charge in [0.1, 0.15) is 6.29 Å². The number of carbonyl (C=O) groups excluding carboxylic acids is 1. The number of aldehydes is 1. The van der Waals surface area contributed by atoms with E-state index >= 15 is 0 Å². The van der Waals surface area contributed by atoms with E-state index in [2.05, 4.69) is 37.8 Å². The third kappa shape index (κ3) is 3.92. The maximum atomic E-state index is 11.7. The molecule has 0 spiro atoms. The molecular formula is C18H27NO. The summed E-state index contributed by atoms with van der Waals surface area (Å²) in [4.78, 5) is 14.2. The topological polar surface area (TPSA) is 20.3 Å². The molecule has 0 aromatic heterocycles. The van der Waals surface area contributed by atoms with Crippen molar-refractivity contribution in [2.75, 3.05) is 13.1 Å². The Morgan fingerprint density at radius 1 is 1.30 bits per heavy atom. The largest absolute Gasteiger partial charge is 0.302 e. The van der Waals surface area contributed by atoms with Crippen LogP contribution in [0.5, 0.6) is 0 Å². The lowest BCUT2D eigenvalue weighted by molar-refractivity contribution is -0.112. The molecule has 0 aliphatic heterocycles. The van der Waals surface area contributed by atoms with Crippen LogP contribution >= 0.6 is 0 Å². The van der Waals surface area contributed by atoms with Crippen LogP contribution in [-0.2, 0) is 10.2 Å². The van der Waals surface area contributed by atoms with Crippen molar-refractivity contribution in [2.24, 2.45) is 5.92 Å². The van der Waals surface area contributed by atoms with E-state index in [1.54, 1.807) is 0 Å². The summed E-state index contributed by atoms with van der Waals surface area (Å²) >= 11 is 0. The standard InChI is InChI=1S/C18H27NO/c1-15(2)11-12-19(17-9-10-17)13-18(3,14-20)16-7-5-4-6-8-16/h4-8,14-15,17H,9-13H2,1-3H3. The van der Waals surface area contributed by atoms with Gasteiger partial charge in [-0.3, -0.25) is 4.90 Å². The fraction of sp³-hybridized carbons (Fsp3) is 0.611. The fourth-order valence-electron chi connectivity index (χ4n) is 2.69. The average Bonchev–Trinajstić information content (AvgIpc) is 3.28. The van der Waals surface area contributed by atoms with Gasteiger partial charge < -0.3 is 4.79 Å². The average molecular weight is 273 g/mol. The maximum absolute atomic E-state index is 11.7. The van der Waals surface area contributed by atoms with E-state index in [0.717, 1.165) is 30.9 Å². The Bertz CT molecular complexity index is 424. The summed E-state index contributed by atoms with van der Waals surface area (Å²) in [7, 11) is 0. The lowest BCUT2D eigenvalue weighted by Crippen LogP contribution is -2.42. The molecule has 0 saturated heterocycles. The van der Waals surface area contributed by atoms with Gasteiger partial charge >= 0.3 is 0 Å². The van der Waals surface area contributed by atoms with Crippen LogP contribution in [0.15, 0.2) is 30.3 Å². The van der Waals surface area contributed by atoms with Gasteiger partial charge in [0.25, 0.3) is 0 Å². The zero-order valence-corrected chi connectivity index (χ0v) is 13.0. The molecule has 1 aromatic carbocycles. The summed E-state index contributed by atoms with van der Waals surface area (Å²) in [5.74, 6) is 0.718. The van der Waals surface area contributed by atoms with E-state index in [1.165, 1.54) is 19.3 Å². The molecule has 1 saturated carbocycles. The Hall–Kier alpha value is -1.15. The van der Waals surface area contributed by atoms with Gasteiger partial charge in [0.15, 0.2) is 0 Å². The van der Waals surface area contributed by atoms with Crippen molar-refractivity contribution >= 4 is 6.29 Å². The number of rotatable bonds is 8. The third-order valence-corrected chi connectivity index (χ3v) is 4.28. The SMILES string of the molecule is CC(C)CCN(CC(C)(C=O)c1ccccc1)C1CC1. The summed E-state index contributed by atoms with van der Waals surface area (Å²) < 4.78 is 0. The van der Waals surface area contributed by atoms with Crippen molar-refractivity contribution in [3.8, 4) is 0 Å². The molecule has 1 atom stereocenters. The monoisotopic (exact) mass is 273 g/mol. The van der Waals surface area contributed by atoms with E-state index in [-0.39, 0.29) is 5.41 Å². The molecule has 2 rings (SSSR count). The number of carbonyl (C=O) groups is 1. The summed E-state index contributed by atoms with van der Waals surface area (Å²) in [6.45, 7) is 8.55. The first kappa shape index (κ1) is 15.2. The highest BCUT2D eigenvalue weighted by Crippen LogP contribution is 2.31. The van der Waals surface area contributed by atoms with Crippen molar-refractivity contribution in [1.29, 1.82) is 0 Å². The maximum Gasteiger partial charge on any atom is 0.131 e. The van der Waals surface area contributed by atoms with Gasteiger partial charge in [-0.25, -0.2) is 0 Å². The minimum absolute atomic E-state index is 0.388. The van der Waals surface area contributed by atoms with Gasteiger partial charge in [-0.15, -0.1) is 0 Å². The van der Waals surface area contributed by atoms with Gasteiger partial charge in [0.2, 0.25) is 0 Å². The number of hydrogen-bond acceptors (Lipinski definition) is 2. The van der Waals surface area contributed by atoms with E-state index in [0.29, 0.717) is 6.04 Å². The molecule has 0 heterocycles. The van der Waals surface area contributed by atoms with E-state index < -0.39 is 0 Å². The molecule has 1 unspecified atom stereocenters. The summed E-state index contributed by atoms with van der Waals surface area (Å²) in [6.07, 6.45) is 4.93. The van der Waals surface area contributed by atoms with Crippen LogP contribution in [0, 0.1) is 5.92 Å². The minimum Gasteiger partial charge on any atom is -0.302 e. The Kier molecular flexibility index (Phi) is 4.98. The summed E-state index contributed by atoms with van der Waals surface area (Å²) in [6, 6.07) is 10.9. The molecule has 0 bridgehead atoms. The quantitative estimate of drug-likeness (QED) is 0.674. The Morgan fingerprint density at radius 2 is 1.95 bits per heavy atom. The minimum atomic E-state index is -0.388. The Balaban J connectivity index is 2.08. The molecule has 0 N–H and O–H groups in total. The molecule has 20 heavy (non-hydrogen) atoms. The van der Waals surface area contributed by atoms with E-state index in [1.807, 2.05) is 18.2 Å². The molecule has 1 aliphatic carbocycles. The highest BCUT2D eigenvalue weighted by Gasteiger charge is 2.35. The molecule has 0 radical (unpaired) electrons. The van der Waals surface area contributed by atoms with Crippen LogP contribution in [0.2, 0.25) is 0 Å². The number of nitrogens with zero attached hydrogens (tertiary/aromatic N) is 1.